The lowest BCUT2D eigenvalue weighted by atomic mass is 10.1. The van der Waals surface area contributed by atoms with Gasteiger partial charge in [0.05, 0.1) is 5.70 Å². The molecule has 1 heterocycles. The van der Waals surface area contributed by atoms with Crippen LogP contribution in [0.5, 0.6) is 0 Å². The van der Waals surface area contributed by atoms with Crippen molar-refractivity contribution in [1.29, 1.82) is 0 Å². The average molecular weight is 313 g/mol. The first kappa shape index (κ1) is 15.4. The zero-order valence-electron chi connectivity index (χ0n) is 13.0. The van der Waals surface area contributed by atoms with Gasteiger partial charge in [-0.15, -0.1) is 0 Å². The van der Waals surface area contributed by atoms with Gasteiger partial charge in [0, 0.05) is 11.8 Å². The van der Waals surface area contributed by atoms with E-state index >= 15 is 0 Å². The molecule has 3 rings (SSSR count). The van der Waals surface area contributed by atoms with Crippen LogP contribution < -0.4 is 4.90 Å². The smallest absolute Gasteiger partial charge is 0.275 e. The molecular formula is C19H17F2NO. The van der Waals surface area contributed by atoms with Gasteiger partial charge >= 0.3 is 11.8 Å². The third kappa shape index (κ3) is 2.77. The van der Waals surface area contributed by atoms with Gasteiger partial charge in [-0.1, -0.05) is 48.9 Å². The van der Waals surface area contributed by atoms with Crippen LogP contribution in [0.2, 0.25) is 0 Å². The molecule has 0 saturated heterocycles. The van der Waals surface area contributed by atoms with Gasteiger partial charge in [0.2, 0.25) is 0 Å². The molecule has 0 unspecified atom stereocenters. The van der Waals surface area contributed by atoms with E-state index in [-0.39, 0.29) is 5.70 Å². The fraction of sp³-hybridized carbons (Fsp3) is 0.211. The number of halogens is 2. The molecule has 0 bridgehead atoms. The third-order valence-electron chi connectivity index (χ3n) is 4.00. The Hall–Kier alpha value is -2.49. The van der Waals surface area contributed by atoms with Crippen molar-refractivity contribution in [2.24, 2.45) is 0 Å². The molecular weight excluding hydrogens is 296 g/mol. The highest BCUT2D eigenvalue weighted by Gasteiger charge is 2.48. The number of aryl methyl sites for hydroxylation is 2. The second kappa shape index (κ2) is 5.61. The van der Waals surface area contributed by atoms with Crippen molar-refractivity contribution in [3.05, 3.63) is 71.3 Å². The molecule has 0 spiro atoms. The lowest BCUT2D eigenvalue weighted by Crippen LogP contribution is -2.34. The molecule has 2 aromatic carbocycles. The van der Waals surface area contributed by atoms with Gasteiger partial charge in [-0.3, -0.25) is 9.69 Å². The first-order valence-corrected chi connectivity index (χ1v) is 7.53. The Morgan fingerprint density at radius 1 is 1.00 bits per heavy atom. The summed E-state index contributed by atoms with van der Waals surface area (Å²) in [6.45, 7) is 3.94. The molecule has 0 saturated carbocycles. The summed E-state index contributed by atoms with van der Waals surface area (Å²) >= 11 is 0. The Balaban J connectivity index is 2.06. The summed E-state index contributed by atoms with van der Waals surface area (Å²) in [7, 11) is 0. The standard InChI is InChI=1S/C19H17F2NO/c1-3-14-6-8-15(9-7-14)17-12-19(20,21)18(23)22(17)16-10-4-13(2)5-11-16/h4-12H,3H2,1-2H3. The van der Waals surface area contributed by atoms with Crippen LogP contribution in [0.15, 0.2) is 54.6 Å². The highest BCUT2D eigenvalue weighted by molar-refractivity contribution is 6.15. The van der Waals surface area contributed by atoms with Gasteiger partial charge in [-0.05, 0) is 36.6 Å². The number of benzene rings is 2. The lowest BCUT2D eigenvalue weighted by molar-refractivity contribution is -0.134. The summed E-state index contributed by atoms with van der Waals surface area (Å²) in [5.74, 6) is -4.69. The summed E-state index contributed by atoms with van der Waals surface area (Å²) in [6, 6.07) is 14.3. The molecule has 2 aromatic rings. The molecule has 0 aliphatic carbocycles. The van der Waals surface area contributed by atoms with Crippen molar-refractivity contribution in [3.8, 4) is 0 Å². The summed E-state index contributed by atoms with van der Waals surface area (Å²) in [4.78, 5) is 13.2. The van der Waals surface area contributed by atoms with E-state index in [0.29, 0.717) is 11.3 Å². The predicted molar refractivity (Wildman–Crippen MR) is 87.4 cm³/mol. The normalized spacial score (nSPS) is 16.6. The average Bonchev–Trinajstić information content (AvgIpc) is 2.79. The van der Waals surface area contributed by atoms with Crippen LogP contribution in [-0.4, -0.2) is 11.8 Å². The molecule has 1 aliphatic heterocycles. The third-order valence-corrected chi connectivity index (χ3v) is 4.00. The van der Waals surface area contributed by atoms with Crippen molar-refractivity contribution in [1.82, 2.24) is 0 Å². The Bertz CT molecular complexity index is 761. The summed E-state index contributed by atoms with van der Waals surface area (Å²) in [5, 5.41) is 0. The maximum Gasteiger partial charge on any atom is 0.346 e. The van der Waals surface area contributed by atoms with Crippen molar-refractivity contribution in [2.75, 3.05) is 4.90 Å². The number of nitrogens with zero attached hydrogens (tertiary/aromatic N) is 1. The van der Waals surface area contributed by atoms with Gasteiger partial charge in [0.1, 0.15) is 0 Å². The van der Waals surface area contributed by atoms with Crippen molar-refractivity contribution >= 4 is 17.3 Å². The Kier molecular flexibility index (Phi) is 3.76. The van der Waals surface area contributed by atoms with Gasteiger partial charge in [-0.25, -0.2) is 0 Å². The fourth-order valence-corrected chi connectivity index (χ4v) is 2.63. The molecule has 0 fully saturated rings. The zero-order chi connectivity index (χ0) is 16.6. The van der Waals surface area contributed by atoms with Crippen LogP contribution in [0.1, 0.15) is 23.6 Å². The second-order valence-corrected chi connectivity index (χ2v) is 5.68. The van der Waals surface area contributed by atoms with E-state index < -0.39 is 11.8 Å². The van der Waals surface area contributed by atoms with Crippen molar-refractivity contribution in [2.45, 2.75) is 26.2 Å². The van der Waals surface area contributed by atoms with E-state index in [1.807, 2.05) is 26.0 Å². The van der Waals surface area contributed by atoms with E-state index in [9.17, 15) is 13.6 Å². The summed E-state index contributed by atoms with van der Waals surface area (Å²) in [5.41, 5.74) is 3.40. The SMILES string of the molecule is CCc1ccc(C2=CC(F)(F)C(=O)N2c2ccc(C)cc2)cc1. The number of carbonyl (C=O) groups excluding carboxylic acids is 1. The van der Waals surface area contributed by atoms with E-state index in [1.54, 1.807) is 36.4 Å². The van der Waals surface area contributed by atoms with Crippen LogP contribution in [0.4, 0.5) is 14.5 Å². The number of hydrogen-bond acceptors (Lipinski definition) is 1. The van der Waals surface area contributed by atoms with E-state index in [1.165, 1.54) is 0 Å². The fourth-order valence-electron chi connectivity index (χ4n) is 2.63. The first-order chi connectivity index (χ1) is 10.9. The van der Waals surface area contributed by atoms with Crippen LogP contribution in [0.25, 0.3) is 5.70 Å². The first-order valence-electron chi connectivity index (χ1n) is 7.53. The van der Waals surface area contributed by atoms with Crippen molar-refractivity contribution in [3.63, 3.8) is 0 Å². The Morgan fingerprint density at radius 3 is 2.17 bits per heavy atom. The molecule has 0 aromatic heterocycles. The maximum absolute atomic E-state index is 14.0. The minimum absolute atomic E-state index is 0.228. The molecule has 0 atom stereocenters. The molecule has 1 amide bonds. The molecule has 4 heteroatoms. The topological polar surface area (TPSA) is 20.3 Å². The largest absolute Gasteiger partial charge is 0.346 e. The monoisotopic (exact) mass is 313 g/mol. The van der Waals surface area contributed by atoms with Crippen LogP contribution in [-0.2, 0) is 11.2 Å². The van der Waals surface area contributed by atoms with Gasteiger partial charge in [0.15, 0.2) is 0 Å². The molecule has 0 N–H and O–H groups in total. The van der Waals surface area contributed by atoms with Crippen LogP contribution in [0.3, 0.4) is 0 Å². The minimum Gasteiger partial charge on any atom is -0.275 e. The number of amides is 1. The quantitative estimate of drug-likeness (QED) is 0.812. The highest BCUT2D eigenvalue weighted by atomic mass is 19.3. The van der Waals surface area contributed by atoms with Crippen LogP contribution >= 0.6 is 0 Å². The Labute approximate surface area is 134 Å². The summed E-state index contributed by atoms with van der Waals surface area (Å²) < 4.78 is 27.9. The maximum atomic E-state index is 14.0. The van der Waals surface area contributed by atoms with Gasteiger partial charge in [0.25, 0.3) is 0 Å². The second-order valence-electron chi connectivity index (χ2n) is 5.68. The molecule has 1 aliphatic rings. The van der Waals surface area contributed by atoms with Gasteiger partial charge < -0.3 is 0 Å². The number of hydrogen-bond donors (Lipinski definition) is 0. The minimum atomic E-state index is -3.48. The number of anilines is 1. The number of alkyl halides is 2. The van der Waals surface area contributed by atoms with Gasteiger partial charge in [-0.2, -0.15) is 8.78 Å². The number of rotatable bonds is 3. The molecule has 118 valence electrons. The van der Waals surface area contributed by atoms with E-state index in [2.05, 4.69) is 0 Å². The van der Waals surface area contributed by atoms with Crippen LogP contribution in [0, 0.1) is 6.92 Å². The molecule has 23 heavy (non-hydrogen) atoms. The number of carbonyl (C=O) groups is 1. The zero-order valence-corrected chi connectivity index (χ0v) is 13.0. The molecule has 2 nitrogen and oxygen atoms in total. The van der Waals surface area contributed by atoms with E-state index in [4.69, 9.17) is 0 Å². The van der Waals surface area contributed by atoms with E-state index in [0.717, 1.165) is 28.5 Å². The predicted octanol–water partition coefficient (Wildman–Crippen LogP) is 4.58. The summed E-state index contributed by atoms with van der Waals surface area (Å²) in [6.07, 6.45) is 1.62. The van der Waals surface area contributed by atoms with Crippen molar-refractivity contribution < 1.29 is 13.6 Å². The lowest BCUT2D eigenvalue weighted by Gasteiger charge is -2.21. The Morgan fingerprint density at radius 2 is 1.61 bits per heavy atom. The molecule has 0 radical (unpaired) electrons. The highest BCUT2D eigenvalue weighted by Crippen LogP contribution is 2.39.